The Labute approximate surface area is 144 Å². The van der Waals surface area contributed by atoms with E-state index < -0.39 is 0 Å². The average molecular weight is 347 g/mol. The number of aromatic nitrogens is 3. The van der Waals surface area contributed by atoms with Gasteiger partial charge in [0.05, 0.1) is 6.42 Å². The summed E-state index contributed by atoms with van der Waals surface area (Å²) in [6, 6.07) is 1.99. The first-order valence-corrected chi connectivity index (χ1v) is 9.05. The van der Waals surface area contributed by atoms with Gasteiger partial charge >= 0.3 is 0 Å². The Morgan fingerprint density at radius 2 is 1.75 bits per heavy atom. The summed E-state index contributed by atoms with van der Waals surface area (Å²) in [5, 5.41) is 11.5. The number of carbonyl (C=O) groups excluding carboxylic acids is 2. The lowest BCUT2D eigenvalue weighted by molar-refractivity contribution is -0.133. The van der Waals surface area contributed by atoms with Crippen LogP contribution in [0.5, 0.6) is 0 Å². The van der Waals surface area contributed by atoms with Crippen molar-refractivity contribution >= 4 is 23.2 Å². The summed E-state index contributed by atoms with van der Waals surface area (Å²) in [5.74, 6) is 0.267. The quantitative estimate of drug-likeness (QED) is 0.810. The molecule has 0 aliphatic carbocycles. The number of nitrogens with zero attached hydrogens (tertiary/aromatic N) is 5. The number of aryl methyl sites for hydroxylation is 1. The molecule has 0 N–H and O–H groups in total. The maximum Gasteiger partial charge on any atom is 0.227 e. The van der Waals surface area contributed by atoms with Crippen LogP contribution < -0.4 is 0 Å². The molecule has 1 aliphatic rings. The second kappa shape index (κ2) is 8.05. The third kappa shape index (κ3) is 4.41. The summed E-state index contributed by atoms with van der Waals surface area (Å²) in [7, 11) is 0. The molecule has 0 unspecified atom stereocenters. The number of thiophene rings is 1. The van der Waals surface area contributed by atoms with Gasteiger partial charge in [-0.1, -0.05) is 0 Å². The molecular formula is C16H21N5O2S. The van der Waals surface area contributed by atoms with Gasteiger partial charge < -0.3 is 14.4 Å². The van der Waals surface area contributed by atoms with Crippen LogP contribution in [0.2, 0.25) is 0 Å². The first kappa shape index (κ1) is 16.6. The molecule has 8 heteroatoms. The van der Waals surface area contributed by atoms with Crippen molar-refractivity contribution in [2.75, 3.05) is 26.2 Å². The molecular weight excluding hydrogens is 326 g/mol. The molecule has 1 fully saturated rings. The largest absolute Gasteiger partial charge is 0.341 e. The zero-order valence-electron chi connectivity index (χ0n) is 13.5. The summed E-state index contributed by atoms with van der Waals surface area (Å²) in [5.41, 5.74) is 1.07. The van der Waals surface area contributed by atoms with Crippen LogP contribution >= 0.6 is 11.3 Å². The van der Waals surface area contributed by atoms with Crippen LogP contribution in [0.1, 0.15) is 18.4 Å². The van der Waals surface area contributed by atoms with E-state index in [0.29, 0.717) is 39.0 Å². The summed E-state index contributed by atoms with van der Waals surface area (Å²) < 4.78 is 1.80. The fourth-order valence-corrected chi connectivity index (χ4v) is 3.48. The molecule has 7 nitrogen and oxygen atoms in total. The lowest BCUT2D eigenvalue weighted by Crippen LogP contribution is -2.38. The molecule has 0 aromatic carbocycles. The van der Waals surface area contributed by atoms with Crippen molar-refractivity contribution < 1.29 is 9.59 Å². The Morgan fingerprint density at radius 1 is 1.04 bits per heavy atom. The molecule has 2 aromatic rings. The standard InChI is InChI=1S/C16H21N5O2S/c22-15(2-6-19-12-17-18-13-19)20-4-1-5-21(8-7-20)16(23)10-14-3-9-24-11-14/h3,9,11-13H,1-2,4-8,10H2. The molecule has 2 amide bonds. The van der Waals surface area contributed by atoms with E-state index in [4.69, 9.17) is 0 Å². The van der Waals surface area contributed by atoms with E-state index in [0.717, 1.165) is 18.5 Å². The average Bonchev–Trinajstić information content (AvgIpc) is 3.22. The zero-order valence-corrected chi connectivity index (χ0v) is 14.3. The topological polar surface area (TPSA) is 71.3 Å². The lowest BCUT2D eigenvalue weighted by atomic mass is 10.2. The Kier molecular flexibility index (Phi) is 5.58. The smallest absolute Gasteiger partial charge is 0.227 e. The molecule has 0 saturated carbocycles. The molecule has 0 spiro atoms. The van der Waals surface area contributed by atoms with Gasteiger partial charge in [0.25, 0.3) is 0 Å². The van der Waals surface area contributed by atoms with Crippen LogP contribution in [0, 0.1) is 0 Å². The van der Waals surface area contributed by atoms with Gasteiger partial charge in [-0.05, 0) is 28.8 Å². The van der Waals surface area contributed by atoms with Gasteiger partial charge in [0.1, 0.15) is 12.7 Å². The van der Waals surface area contributed by atoms with Crippen molar-refractivity contribution in [2.45, 2.75) is 25.8 Å². The van der Waals surface area contributed by atoms with Crippen LogP contribution in [-0.2, 0) is 22.6 Å². The fourth-order valence-electron chi connectivity index (χ4n) is 2.82. The van der Waals surface area contributed by atoms with Gasteiger partial charge in [-0.3, -0.25) is 9.59 Å². The maximum absolute atomic E-state index is 12.4. The summed E-state index contributed by atoms with van der Waals surface area (Å²) in [6.07, 6.45) is 4.93. The highest BCUT2D eigenvalue weighted by Gasteiger charge is 2.22. The van der Waals surface area contributed by atoms with E-state index in [2.05, 4.69) is 10.2 Å². The Hall–Kier alpha value is -2.22. The SMILES string of the molecule is O=C(CCn1cnnc1)N1CCCN(C(=O)Cc2ccsc2)CC1. The van der Waals surface area contributed by atoms with Crippen molar-refractivity contribution in [2.24, 2.45) is 0 Å². The highest BCUT2D eigenvalue weighted by atomic mass is 32.1. The monoisotopic (exact) mass is 347 g/mol. The maximum atomic E-state index is 12.4. The van der Waals surface area contributed by atoms with Crippen LogP contribution in [0.4, 0.5) is 0 Å². The Morgan fingerprint density at radius 3 is 2.42 bits per heavy atom. The second-order valence-electron chi connectivity index (χ2n) is 5.87. The first-order valence-electron chi connectivity index (χ1n) is 8.11. The van der Waals surface area contributed by atoms with Crippen molar-refractivity contribution in [3.63, 3.8) is 0 Å². The van der Waals surface area contributed by atoms with Gasteiger partial charge in [-0.15, -0.1) is 10.2 Å². The predicted octanol–water partition coefficient (Wildman–Crippen LogP) is 1.03. The molecule has 2 aromatic heterocycles. The highest BCUT2D eigenvalue weighted by molar-refractivity contribution is 7.07. The Balaban J connectivity index is 1.47. The van der Waals surface area contributed by atoms with Crippen LogP contribution in [-0.4, -0.2) is 62.6 Å². The number of hydrogen-bond donors (Lipinski definition) is 0. The Bertz CT molecular complexity index is 656. The van der Waals surface area contributed by atoms with Crippen molar-refractivity contribution in [1.29, 1.82) is 0 Å². The molecule has 3 heterocycles. The van der Waals surface area contributed by atoms with Gasteiger partial charge in [-0.2, -0.15) is 11.3 Å². The minimum absolute atomic E-state index is 0.121. The number of rotatable bonds is 5. The summed E-state index contributed by atoms with van der Waals surface area (Å²) in [6.45, 7) is 3.24. The van der Waals surface area contributed by atoms with E-state index in [1.165, 1.54) is 0 Å². The third-order valence-corrected chi connectivity index (χ3v) is 4.92. The molecule has 1 aliphatic heterocycles. The fraction of sp³-hybridized carbons (Fsp3) is 0.500. The van der Waals surface area contributed by atoms with Crippen molar-refractivity contribution in [3.05, 3.63) is 35.0 Å². The van der Waals surface area contributed by atoms with E-state index in [1.807, 2.05) is 26.6 Å². The molecule has 0 bridgehead atoms. The number of carbonyl (C=O) groups is 2. The predicted molar refractivity (Wildman–Crippen MR) is 90.4 cm³/mol. The molecule has 1 saturated heterocycles. The normalized spacial score (nSPS) is 15.3. The van der Waals surface area contributed by atoms with Crippen LogP contribution in [0.15, 0.2) is 29.5 Å². The number of amides is 2. The van der Waals surface area contributed by atoms with Crippen LogP contribution in [0.25, 0.3) is 0 Å². The minimum atomic E-state index is 0.121. The summed E-state index contributed by atoms with van der Waals surface area (Å²) >= 11 is 1.61. The lowest BCUT2D eigenvalue weighted by Gasteiger charge is -2.22. The van der Waals surface area contributed by atoms with Gasteiger partial charge in [0.2, 0.25) is 11.8 Å². The van der Waals surface area contributed by atoms with Gasteiger partial charge in [0, 0.05) is 39.1 Å². The summed E-state index contributed by atoms with van der Waals surface area (Å²) in [4.78, 5) is 28.5. The number of hydrogen-bond acceptors (Lipinski definition) is 5. The first-order chi connectivity index (χ1) is 11.7. The van der Waals surface area contributed by atoms with Crippen molar-refractivity contribution in [3.8, 4) is 0 Å². The zero-order chi connectivity index (χ0) is 16.8. The molecule has 0 atom stereocenters. The highest BCUT2D eigenvalue weighted by Crippen LogP contribution is 2.11. The minimum Gasteiger partial charge on any atom is -0.341 e. The molecule has 0 radical (unpaired) electrons. The van der Waals surface area contributed by atoms with Gasteiger partial charge in [0.15, 0.2) is 0 Å². The molecule has 128 valence electrons. The van der Waals surface area contributed by atoms with E-state index in [-0.39, 0.29) is 11.8 Å². The van der Waals surface area contributed by atoms with Gasteiger partial charge in [-0.25, -0.2) is 0 Å². The van der Waals surface area contributed by atoms with Crippen LogP contribution in [0.3, 0.4) is 0 Å². The van der Waals surface area contributed by atoms with E-state index in [1.54, 1.807) is 28.6 Å². The van der Waals surface area contributed by atoms with Crippen molar-refractivity contribution in [1.82, 2.24) is 24.6 Å². The third-order valence-electron chi connectivity index (χ3n) is 4.19. The van der Waals surface area contributed by atoms with E-state index in [9.17, 15) is 9.59 Å². The molecule has 24 heavy (non-hydrogen) atoms. The molecule has 3 rings (SSSR count). The van der Waals surface area contributed by atoms with E-state index >= 15 is 0 Å². The second-order valence-corrected chi connectivity index (χ2v) is 6.65.